The van der Waals surface area contributed by atoms with Gasteiger partial charge in [-0.2, -0.15) is 0 Å². The van der Waals surface area contributed by atoms with E-state index in [1.54, 1.807) is 7.11 Å². The lowest BCUT2D eigenvalue weighted by Crippen LogP contribution is -2.54. The number of fused-ring (bicyclic) bond motifs is 2. The normalized spacial score (nSPS) is 25.1. The number of piperidine rings is 2. The third-order valence-corrected chi connectivity index (χ3v) is 5.97. The second kappa shape index (κ2) is 9.45. The number of ether oxygens (including phenoxy) is 2. The number of nitrogens with one attached hydrogen (secondary N) is 1. The Kier molecular flexibility index (Phi) is 7.00. The van der Waals surface area contributed by atoms with Crippen LogP contribution in [0.15, 0.2) is 18.2 Å². The number of hydrogen-bond acceptors (Lipinski definition) is 4. The van der Waals surface area contributed by atoms with Crippen LogP contribution in [0.25, 0.3) is 0 Å². The van der Waals surface area contributed by atoms with Gasteiger partial charge in [0.2, 0.25) is 0 Å². The van der Waals surface area contributed by atoms with Crippen LogP contribution in [0.2, 0.25) is 0 Å². The van der Waals surface area contributed by atoms with E-state index in [1.165, 1.54) is 45.1 Å². The fourth-order valence-electron chi connectivity index (χ4n) is 4.64. The molecule has 2 heterocycles. The summed E-state index contributed by atoms with van der Waals surface area (Å²) >= 11 is 0. The molecule has 5 nitrogen and oxygen atoms in total. The van der Waals surface area contributed by atoms with Crippen molar-refractivity contribution >= 4 is 11.8 Å². The Balaban J connectivity index is 1.56. The van der Waals surface area contributed by atoms with Crippen LogP contribution in [0.5, 0.6) is 5.75 Å². The number of anilines is 1. The van der Waals surface area contributed by atoms with Crippen molar-refractivity contribution in [1.82, 2.24) is 4.90 Å². The molecule has 2 unspecified atom stereocenters. The van der Waals surface area contributed by atoms with Gasteiger partial charge in [0, 0.05) is 24.9 Å². The van der Waals surface area contributed by atoms with Gasteiger partial charge in [0.15, 0.2) is 0 Å². The highest BCUT2D eigenvalue weighted by Crippen LogP contribution is 2.35. The van der Waals surface area contributed by atoms with Crippen molar-refractivity contribution in [2.75, 3.05) is 19.0 Å². The van der Waals surface area contributed by atoms with Gasteiger partial charge >= 0.3 is 6.09 Å². The van der Waals surface area contributed by atoms with E-state index in [9.17, 15) is 4.79 Å². The predicted molar refractivity (Wildman–Crippen MR) is 109 cm³/mol. The van der Waals surface area contributed by atoms with Crippen LogP contribution in [0.3, 0.4) is 0 Å². The number of carbonyl (C=O) groups is 1. The van der Waals surface area contributed by atoms with E-state index >= 15 is 0 Å². The summed E-state index contributed by atoms with van der Waals surface area (Å²) in [7, 11) is 1.61. The zero-order chi connectivity index (χ0) is 19.2. The van der Waals surface area contributed by atoms with Crippen LogP contribution >= 0.6 is 0 Å². The molecule has 2 fully saturated rings. The van der Waals surface area contributed by atoms with Gasteiger partial charge in [0.05, 0.1) is 12.8 Å². The van der Waals surface area contributed by atoms with Gasteiger partial charge in [-0.25, -0.2) is 4.79 Å². The minimum atomic E-state index is -0.374. The first-order valence-corrected chi connectivity index (χ1v) is 10.5. The van der Waals surface area contributed by atoms with Crippen molar-refractivity contribution in [1.29, 1.82) is 0 Å². The summed E-state index contributed by atoms with van der Waals surface area (Å²) in [5.41, 5.74) is 1.74. The first-order valence-electron chi connectivity index (χ1n) is 10.5. The second-order valence-electron chi connectivity index (χ2n) is 8.01. The Labute approximate surface area is 163 Å². The Morgan fingerprint density at radius 3 is 2.63 bits per heavy atom. The minimum Gasteiger partial charge on any atom is -0.495 e. The summed E-state index contributed by atoms with van der Waals surface area (Å²) in [6.45, 7) is 5.44. The number of methoxy groups -OCH3 is 1. The molecule has 0 spiro atoms. The topological polar surface area (TPSA) is 50.8 Å². The summed E-state index contributed by atoms with van der Waals surface area (Å²) in [6, 6.07) is 6.88. The van der Waals surface area contributed by atoms with Gasteiger partial charge in [0.25, 0.3) is 0 Å². The number of amides is 1. The maximum atomic E-state index is 12.5. The van der Waals surface area contributed by atoms with Crippen LogP contribution in [0.4, 0.5) is 10.5 Å². The highest BCUT2D eigenvalue weighted by atomic mass is 16.6. The standard InChI is InChI=1S/C22H34N2O3/c1-4-5-6-12-24-17-8-7-9-18(24)15-19(14-17)27-22(25)23-20-13-16(2)10-11-21(20)26-3/h10-11,13,17-19H,4-9,12,14-15H2,1-3H3,(H,23,25). The average molecular weight is 375 g/mol. The maximum Gasteiger partial charge on any atom is 0.412 e. The Hall–Kier alpha value is -1.75. The molecule has 1 aromatic carbocycles. The quantitative estimate of drug-likeness (QED) is 0.672. The molecular weight excluding hydrogens is 340 g/mol. The van der Waals surface area contributed by atoms with Gasteiger partial charge in [-0.3, -0.25) is 10.2 Å². The average Bonchev–Trinajstić information content (AvgIpc) is 2.62. The van der Waals surface area contributed by atoms with E-state index in [0.29, 0.717) is 23.5 Å². The Bertz CT molecular complexity index is 620. The van der Waals surface area contributed by atoms with E-state index in [0.717, 1.165) is 18.4 Å². The molecule has 0 radical (unpaired) electrons. The van der Waals surface area contributed by atoms with Gasteiger partial charge in [-0.05, 0) is 50.4 Å². The van der Waals surface area contributed by atoms with Crippen LogP contribution in [0.1, 0.15) is 63.9 Å². The molecule has 1 aromatic rings. The van der Waals surface area contributed by atoms with Crippen molar-refractivity contribution < 1.29 is 14.3 Å². The summed E-state index contributed by atoms with van der Waals surface area (Å²) in [4.78, 5) is 15.2. The first-order chi connectivity index (χ1) is 13.1. The molecule has 2 bridgehead atoms. The van der Waals surface area contributed by atoms with Crippen LogP contribution < -0.4 is 10.1 Å². The molecule has 2 aliphatic rings. The number of unbranched alkanes of at least 4 members (excludes halogenated alkanes) is 2. The molecule has 5 heteroatoms. The van der Waals surface area contributed by atoms with Gasteiger partial charge < -0.3 is 9.47 Å². The number of carbonyl (C=O) groups excluding carboxylic acids is 1. The van der Waals surface area contributed by atoms with Crippen LogP contribution in [-0.2, 0) is 4.74 Å². The van der Waals surface area contributed by atoms with Gasteiger partial charge in [-0.1, -0.05) is 32.3 Å². The number of nitrogens with zero attached hydrogens (tertiary/aromatic N) is 1. The van der Waals surface area contributed by atoms with Crippen molar-refractivity contribution in [3.63, 3.8) is 0 Å². The molecule has 2 atom stereocenters. The Morgan fingerprint density at radius 1 is 1.22 bits per heavy atom. The minimum absolute atomic E-state index is 0.0125. The van der Waals surface area contributed by atoms with E-state index < -0.39 is 0 Å². The molecule has 0 aromatic heterocycles. The van der Waals surface area contributed by atoms with E-state index in [-0.39, 0.29) is 12.2 Å². The fourth-order valence-corrected chi connectivity index (χ4v) is 4.64. The lowest BCUT2D eigenvalue weighted by atomic mass is 9.82. The molecule has 150 valence electrons. The lowest BCUT2D eigenvalue weighted by Gasteiger charge is -2.48. The number of benzene rings is 1. The highest BCUT2D eigenvalue weighted by Gasteiger charge is 2.39. The van der Waals surface area contributed by atoms with E-state index in [4.69, 9.17) is 9.47 Å². The summed E-state index contributed by atoms with van der Waals surface area (Å²) < 4.78 is 11.1. The molecule has 0 saturated carbocycles. The SMILES string of the molecule is CCCCCN1C2CCCC1CC(OC(=O)Nc1cc(C)ccc1OC)C2. The van der Waals surface area contributed by atoms with Crippen molar-refractivity contribution in [3.8, 4) is 5.75 Å². The number of aryl methyl sites for hydroxylation is 1. The van der Waals surface area contributed by atoms with Crippen LogP contribution in [-0.4, -0.2) is 42.8 Å². The van der Waals surface area contributed by atoms with Crippen LogP contribution in [0, 0.1) is 6.92 Å². The number of hydrogen-bond donors (Lipinski definition) is 1. The van der Waals surface area contributed by atoms with Crippen molar-refractivity contribution in [3.05, 3.63) is 23.8 Å². The third-order valence-electron chi connectivity index (χ3n) is 5.97. The second-order valence-corrected chi connectivity index (χ2v) is 8.01. The summed E-state index contributed by atoms with van der Waals surface area (Å²) in [5.74, 6) is 0.653. The first kappa shape index (κ1) is 20.0. The highest BCUT2D eigenvalue weighted by molar-refractivity contribution is 5.87. The number of rotatable bonds is 7. The van der Waals surface area contributed by atoms with Gasteiger partial charge in [0.1, 0.15) is 11.9 Å². The summed E-state index contributed by atoms with van der Waals surface area (Å²) in [6.07, 6.45) is 9.17. The fraction of sp³-hybridized carbons (Fsp3) is 0.682. The third kappa shape index (κ3) is 5.16. The zero-order valence-electron chi connectivity index (χ0n) is 17.0. The Morgan fingerprint density at radius 2 is 1.96 bits per heavy atom. The largest absolute Gasteiger partial charge is 0.495 e. The van der Waals surface area contributed by atoms with E-state index in [2.05, 4.69) is 17.1 Å². The zero-order valence-corrected chi connectivity index (χ0v) is 17.0. The van der Waals surface area contributed by atoms with Crippen molar-refractivity contribution in [2.24, 2.45) is 0 Å². The smallest absolute Gasteiger partial charge is 0.412 e. The lowest BCUT2D eigenvalue weighted by molar-refractivity contribution is -0.0307. The molecular formula is C22H34N2O3. The summed E-state index contributed by atoms with van der Waals surface area (Å²) in [5, 5.41) is 2.87. The predicted octanol–water partition coefficient (Wildman–Crippen LogP) is 5.13. The molecule has 2 aliphatic heterocycles. The monoisotopic (exact) mass is 374 g/mol. The van der Waals surface area contributed by atoms with Crippen molar-refractivity contribution in [2.45, 2.75) is 83.4 Å². The molecule has 3 rings (SSSR count). The van der Waals surface area contributed by atoms with Gasteiger partial charge in [-0.15, -0.1) is 0 Å². The van der Waals surface area contributed by atoms with E-state index in [1.807, 2.05) is 25.1 Å². The molecule has 2 saturated heterocycles. The molecule has 0 aliphatic carbocycles. The molecule has 1 amide bonds. The molecule has 27 heavy (non-hydrogen) atoms. The maximum absolute atomic E-state index is 12.5. The molecule has 1 N–H and O–H groups in total.